The monoisotopic (exact) mass is 242 g/mol. The molecule has 1 aromatic rings. The molecular weight excluding hydrogens is 220 g/mol. The topological polar surface area (TPSA) is 45.1 Å². The van der Waals surface area contributed by atoms with E-state index in [0.29, 0.717) is 12.5 Å². The minimum absolute atomic E-state index is 0.499. The summed E-state index contributed by atoms with van der Waals surface area (Å²) in [4.78, 5) is 4.41. The zero-order chi connectivity index (χ0) is 12.2. The van der Waals surface area contributed by atoms with Gasteiger partial charge in [-0.05, 0) is 25.7 Å². The quantitative estimate of drug-likeness (QED) is 0.806. The van der Waals surface area contributed by atoms with Crippen molar-refractivity contribution in [1.29, 1.82) is 0 Å². The zero-order valence-electron chi connectivity index (χ0n) is 10.6. The molecule has 4 heteroatoms. The van der Waals surface area contributed by atoms with Crippen LogP contribution in [0.3, 0.4) is 0 Å². The van der Waals surface area contributed by atoms with Crippen LogP contribution in [0.25, 0.3) is 0 Å². The molecule has 16 heavy (non-hydrogen) atoms. The molecule has 0 aliphatic carbocycles. The van der Waals surface area contributed by atoms with E-state index in [4.69, 9.17) is 0 Å². The lowest BCUT2D eigenvalue weighted by Gasteiger charge is -2.25. The summed E-state index contributed by atoms with van der Waals surface area (Å²) >= 11 is 1.60. The maximum atomic E-state index is 10.1. The van der Waals surface area contributed by atoms with Gasteiger partial charge in [-0.2, -0.15) is 0 Å². The molecule has 0 radical (unpaired) electrons. The summed E-state index contributed by atoms with van der Waals surface area (Å²) < 4.78 is 0. The molecule has 0 aliphatic heterocycles. The van der Waals surface area contributed by atoms with Crippen LogP contribution in [0.1, 0.15) is 39.8 Å². The first-order chi connectivity index (χ1) is 7.43. The number of anilines is 1. The highest BCUT2D eigenvalue weighted by Crippen LogP contribution is 2.20. The minimum atomic E-state index is -0.661. The zero-order valence-corrected chi connectivity index (χ0v) is 11.4. The third-order valence-electron chi connectivity index (χ3n) is 2.38. The Morgan fingerprint density at radius 3 is 2.75 bits per heavy atom. The van der Waals surface area contributed by atoms with Gasteiger partial charge in [0.2, 0.25) is 0 Å². The molecule has 0 saturated heterocycles. The second-order valence-electron chi connectivity index (χ2n) is 4.95. The lowest BCUT2D eigenvalue weighted by atomic mass is 9.94. The minimum Gasteiger partial charge on any atom is -0.388 e. The van der Waals surface area contributed by atoms with Crippen LogP contribution in [-0.2, 0) is 6.42 Å². The van der Waals surface area contributed by atoms with Gasteiger partial charge in [-0.25, -0.2) is 4.98 Å². The molecule has 0 bridgehead atoms. The van der Waals surface area contributed by atoms with Crippen LogP contribution in [0.15, 0.2) is 5.38 Å². The van der Waals surface area contributed by atoms with Crippen LogP contribution in [0.4, 0.5) is 5.13 Å². The van der Waals surface area contributed by atoms with Crippen molar-refractivity contribution < 1.29 is 5.11 Å². The van der Waals surface area contributed by atoms with E-state index in [0.717, 1.165) is 23.7 Å². The molecule has 1 atom stereocenters. The maximum Gasteiger partial charge on any atom is 0.182 e. The molecule has 92 valence electrons. The highest BCUT2D eigenvalue weighted by atomic mass is 32.1. The van der Waals surface area contributed by atoms with Gasteiger partial charge < -0.3 is 10.4 Å². The summed E-state index contributed by atoms with van der Waals surface area (Å²) in [5, 5.41) is 16.3. The number of nitrogens with zero attached hydrogens (tertiary/aromatic N) is 1. The van der Waals surface area contributed by atoms with Crippen molar-refractivity contribution in [2.45, 2.75) is 46.1 Å². The molecule has 1 heterocycles. The average Bonchev–Trinajstić information content (AvgIpc) is 2.60. The fourth-order valence-corrected chi connectivity index (χ4v) is 2.56. The Morgan fingerprint density at radius 2 is 2.25 bits per heavy atom. The van der Waals surface area contributed by atoms with Crippen molar-refractivity contribution in [1.82, 2.24) is 4.98 Å². The maximum absolute atomic E-state index is 10.1. The van der Waals surface area contributed by atoms with E-state index < -0.39 is 5.60 Å². The van der Waals surface area contributed by atoms with Crippen LogP contribution >= 0.6 is 11.3 Å². The molecule has 3 nitrogen and oxygen atoms in total. The van der Waals surface area contributed by atoms with Gasteiger partial charge in [0, 0.05) is 11.9 Å². The molecular formula is C12H22N2OS. The Balaban J connectivity index is 2.44. The highest BCUT2D eigenvalue weighted by Gasteiger charge is 2.21. The number of nitrogens with one attached hydrogen (secondary N) is 1. The Hall–Kier alpha value is -0.610. The van der Waals surface area contributed by atoms with Crippen molar-refractivity contribution in [2.75, 3.05) is 11.9 Å². The number of thiazole rings is 1. The Kier molecular flexibility index (Phi) is 4.74. The summed E-state index contributed by atoms with van der Waals surface area (Å²) in [5.41, 5.74) is 0.447. The first-order valence-corrected chi connectivity index (χ1v) is 6.71. The Morgan fingerprint density at radius 1 is 1.56 bits per heavy atom. The van der Waals surface area contributed by atoms with E-state index >= 15 is 0 Å². The number of hydrogen-bond acceptors (Lipinski definition) is 4. The first-order valence-electron chi connectivity index (χ1n) is 5.83. The van der Waals surface area contributed by atoms with Gasteiger partial charge in [-0.1, -0.05) is 20.8 Å². The molecule has 1 aromatic heterocycles. The second kappa shape index (κ2) is 5.64. The molecule has 0 aromatic carbocycles. The molecule has 1 rings (SSSR count). The second-order valence-corrected chi connectivity index (χ2v) is 5.80. The molecule has 1 unspecified atom stereocenters. The fourth-order valence-electron chi connectivity index (χ4n) is 1.77. The Labute approximate surface area is 102 Å². The van der Waals surface area contributed by atoms with Crippen LogP contribution in [-0.4, -0.2) is 22.2 Å². The van der Waals surface area contributed by atoms with E-state index in [2.05, 4.69) is 36.5 Å². The molecule has 0 fully saturated rings. The van der Waals surface area contributed by atoms with Crippen LogP contribution in [0, 0.1) is 5.92 Å². The molecule has 0 spiro atoms. The van der Waals surface area contributed by atoms with Gasteiger partial charge in [-0.15, -0.1) is 11.3 Å². The Bertz CT molecular complexity index is 321. The van der Waals surface area contributed by atoms with Crippen molar-refractivity contribution in [2.24, 2.45) is 5.92 Å². The fraction of sp³-hybridized carbons (Fsp3) is 0.750. The summed E-state index contributed by atoms with van der Waals surface area (Å²) in [6, 6.07) is 0. The van der Waals surface area contributed by atoms with Gasteiger partial charge in [0.05, 0.1) is 11.3 Å². The number of hydrogen-bond donors (Lipinski definition) is 2. The predicted molar refractivity (Wildman–Crippen MR) is 70.1 cm³/mol. The van der Waals surface area contributed by atoms with E-state index in [-0.39, 0.29) is 0 Å². The van der Waals surface area contributed by atoms with Gasteiger partial charge in [-0.3, -0.25) is 0 Å². The lowest BCUT2D eigenvalue weighted by molar-refractivity contribution is 0.0515. The summed E-state index contributed by atoms with van der Waals surface area (Å²) in [6.45, 7) is 8.75. The smallest absolute Gasteiger partial charge is 0.182 e. The van der Waals surface area contributed by atoms with Crippen LogP contribution < -0.4 is 5.32 Å². The van der Waals surface area contributed by atoms with E-state index in [1.807, 2.05) is 6.92 Å². The van der Waals surface area contributed by atoms with Crippen LogP contribution in [0.2, 0.25) is 0 Å². The largest absolute Gasteiger partial charge is 0.388 e. The van der Waals surface area contributed by atoms with Crippen molar-refractivity contribution in [3.05, 3.63) is 11.1 Å². The van der Waals surface area contributed by atoms with Crippen LogP contribution in [0.5, 0.6) is 0 Å². The molecule has 2 N–H and O–H groups in total. The third-order valence-corrected chi connectivity index (χ3v) is 3.23. The highest BCUT2D eigenvalue weighted by molar-refractivity contribution is 7.13. The SMILES string of the molecule is CCc1csc(NCC(C)(O)CC(C)C)n1. The molecule has 0 amide bonds. The average molecular weight is 242 g/mol. The normalized spacial score (nSPS) is 15.1. The van der Waals surface area contributed by atoms with Gasteiger partial charge in [0.15, 0.2) is 5.13 Å². The molecule has 0 aliphatic rings. The van der Waals surface area contributed by atoms with Crippen molar-refractivity contribution in [3.8, 4) is 0 Å². The first kappa shape index (κ1) is 13.5. The van der Waals surface area contributed by atoms with Gasteiger partial charge >= 0.3 is 0 Å². The predicted octanol–water partition coefficient (Wildman–Crippen LogP) is 2.91. The van der Waals surface area contributed by atoms with E-state index in [9.17, 15) is 5.11 Å². The lowest BCUT2D eigenvalue weighted by Crippen LogP contribution is -2.34. The number of aliphatic hydroxyl groups is 1. The molecule has 0 saturated carbocycles. The summed E-state index contributed by atoms with van der Waals surface area (Å²) in [5.74, 6) is 0.499. The number of aryl methyl sites for hydroxylation is 1. The third kappa shape index (κ3) is 4.49. The van der Waals surface area contributed by atoms with Gasteiger partial charge in [0.1, 0.15) is 0 Å². The summed E-state index contributed by atoms with van der Waals surface area (Å²) in [6.07, 6.45) is 1.76. The van der Waals surface area contributed by atoms with Crippen molar-refractivity contribution in [3.63, 3.8) is 0 Å². The van der Waals surface area contributed by atoms with Gasteiger partial charge in [0.25, 0.3) is 0 Å². The van der Waals surface area contributed by atoms with Crippen molar-refractivity contribution >= 4 is 16.5 Å². The standard InChI is InChI=1S/C12H22N2OS/c1-5-10-7-16-11(14-10)13-8-12(4,15)6-9(2)3/h7,9,15H,5-6,8H2,1-4H3,(H,13,14). The number of rotatable bonds is 6. The van der Waals surface area contributed by atoms with E-state index in [1.165, 1.54) is 0 Å². The summed E-state index contributed by atoms with van der Waals surface area (Å²) in [7, 11) is 0. The van der Waals surface area contributed by atoms with E-state index in [1.54, 1.807) is 11.3 Å². The number of aromatic nitrogens is 1.